The molecule has 0 saturated heterocycles. The highest BCUT2D eigenvalue weighted by Gasteiger charge is 1.97. The molecule has 0 unspecified atom stereocenters. The second-order valence-corrected chi connectivity index (χ2v) is 3.94. The van der Waals surface area contributed by atoms with E-state index in [0.29, 0.717) is 6.54 Å². The Morgan fingerprint density at radius 1 is 1.17 bits per heavy atom. The van der Waals surface area contributed by atoms with Crippen LogP contribution >= 0.6 is 0 Å². The molecule has 3 N–H and O–H groups in total. The van der Waals surface area contributed by atoms with Crippen LogP contribution in [0, 0.1) is 0 Å². The van der Waals surface area contributed by atoms with Gasteiger partial charge in [0.1, 0.15) is 11.6 Å². The third kappa shape index (κ3) is 3.21. The van der Waals surface area contributed by atoms with Crippen molar-refractivity contribution in [2.24, 2.45) is 5.73 Å². The molecule has 0 radical (unpaired) electrons. The van der Waals surface area contributed by atoms with Gasteiger partial charge < -0.3 is 15.8 Å². The molecule has 0 aliphatic carbocycles. The van der Waals surface area contributed by atoms with Gasteiger partial charge in [0.05, 0.1) is 13.3 Å². The first kappa shape index (κ1) is 12.4. The second kappa shape index (κ2) is 6.02. The summed E-state index contributed by atoms with van der Waals surface area (Å²) < 4.78 is 5.06. The van der Waals surface area contributed by atoms with Crippen LogP contribution in [0.15, 0.2) is 42.6 Å². The number of nitrogens with two attached hydrogens (primary N) is 1. The Morgan fingerprint density at radius 3 is 2.50 bits per heavy atom. The Labute approximate surface area is 107 Å². The third-order valence-electron chi connectivity index (χ3n) is 2.63. The Balaban J connectivity index is 2.03. The maximum Gasteiger partial charge on any atom is 0.137 e. The molecule has 1 aromatic carbocycles. The molecule has 94 valence electrons. The summed E-state index contributed by atoms with van der Waals surface area (Å²) in [6.07, 6.45) is 2.59. The monoisotopic (exact) mass is 243 g/mol. The van der Waals surface area contributed by atoms with E-state index in [1.165, 1.54) is 5.56 Å². The molecule has 0 aliphatic rings. The van der Waals surface area contributed by atoms with Crippen molar-refractivity contribution >= 4 is 11.5 Å². The topological polar surface area (TPSA) is 60.2 Å². The van der Waals surface area contributed by atoms with Crippen LogP contribution in [0.25, 0.3) is 0 Å². The minimum atomic E-state index is 0.673. The highest BCUT2D eigenvalue weighted by atomic mass is 16.5. The molecule has 0 bridgehead atoms. The normalized spacial score (nSPS) is 10.1. The van der Waals surface area contributed by atoms with Gasteiger partial charge in [-0.25, -0.2) is 4.98 Å². The van der Waals surface area contributed by atoms with E-state index < -0.39 is 0 Å². The van der Waals surface area contributed by atoms with Crippen molar-refractivity contribution in [2.45, 2.75) is 6.42 Å². The van der Waals surface area contributed by atoms with Crippen molar-refractivity contribution in [3.05, 3.63) is 48.2 Å². The number of hydrogen-bond donors (Lipinski definition) is 2. The molecule has 18 heavy (non-hydrogen) atoms. The van der Waals surface area contributed by atoms with E-state index in [1.54, 1.807) is 13.3 Å². The van der Waals surface area contributed by atoms with Crippen LogP contribution < -0.4 is 15.8 Å². The first-order chi connectivity index (χ1) is 8.81. The Kier molecular flexibility index (Phi) is 4.15. The lowest BCUT2D eigenvalue weighted by molar-refractivity contribution is 0.413. The van der Waals surface area contributed by atoms with Gasteiger partial charge in [-0.3, -0.25) is 0 Å². The number of ether oxygens (including phenoxy) is 1. The van der Waals surface area contributed by atoms with Crippen LogP contribution in [-0.4, -0.2) is 18.6 Å². The summed E-state index contributed by atoms with van der Waals surface area (Å²) in [7, 11) is 1.63. The van der Waals surface area contributed by atoms with E-state index >= 15 is 0 Å². The Bertz CT molecular complexity index is 479. The molecule has 0 fully saturated rings. The van der Waals surface area contributed by atoms with Crippen LogP contribution in [0.2, 0.25) is 0 Å². The number of hydrogen-bond acceptors (Lipinski definition) is 4. The predicted molar refractivity (Wildman–Crippen MR) is 73.3 cm³/mol. The van der Waals surface area contributed by atoms with Crippen molar-refractivity contribution in [3.63, 3.8) is 0 Å². The van der Waals surface area contributed by atoms with Crippen molar-refractivity contribution in [3.8, 4) is 5.75 Å². The third-order valence-corrected chi connectivity index (χ3v) is 2.63. The zero-order valence-corrected chi connectivity index (χ0v) is 10.4. The van der Waals surface area contributed by atoms with Crippen molar-refractivity contribution in [1.29, 1.82) is 0 Å². The quantitative estimate of drug-likeness (QED) is 0.846. The van der Waals surface area contributed by atoms with Crippen LogP contribution in [0.5, 0.6) is 5.75 Å². The predicted octanol–water partition coefficient (Wildman–Crippen LogP) is 2.33. The number of pyridine rings is 1. The molecule has 0 aliphatic heterocycles. The molecule has 0 spiro atoms. The average Bonchev–Trinajstić information content (AvgIpc) is 2.42. The lowest BCUT2D eigenvalue weighted by atomic mass is 10.1. The van der Waals surface area contributed by atoms with E-state index in [2.05, 4.69) is 22.4 Å². The first-order valence-corrected chi connectivity index (χ1v) is 5.88. The fourth-order valence-electron chi connectivity index (χ4n) is 1.64. The molecule has 1 aromatic heterocycles. The van der Waals surface area contributed by atoms with Gasteiger partial charge in [-0.1, -0.05) is 12.1 Å². The van der Waals surface area contributed by atoms with Crippen LogP contribution in [0.3, 0.4) is 0 Å². The largest absolute Gasteiger partial charge is 0.495 e. The van der Waals surface area contributed by atoms with Crippen molar-refractivity contribution in [1.82, 2.24) is 4.98 Å². The van der Waals surface area contributed by atoms with Gasteiger partial charge in [0.25, 0.3) is 0 Å². The first-order valence-electron chi connectivity index (χ1n) is 5.88. The number of benzene rings is 1. The minimum absolute atomic E-state index is 0.673. The fourth-order valence-corrected chi connectivity index (χ4v) is 1.64. The number of aromatic nitrogens is 1. The van der Waals surface area contributed by atoms with Crippen molar-refractivity contribution in [2.75, 3.05) is 19.0 Å². The van der Waals surface area contributed by atoms with Gasteiger partial charge in [-0.05, 0) is 42.8 Å². The maximum atomic E-state index is 5.51. The van der Waals surface area contributed by atoms with Crippen molar-refractivity contribution < 1.29 is 4.74 Å². The van der Waals surface area contributed by atoms with E-state index in [1.807, 2.05) is 24.3 Å². The highest BCUT2D eigenvalue weighted by Crippen LogP contribution is 2.17. The molecule has 2 aromatic rings. The molecular formula is C14H17N3O. The van der Waals surface area contributed by atoms with E-state index in [-0.39, 0.29) is 0 Å². The van der Waals surface area contributed by atoms with Crippen LogP contribution in [0.4, 0.5) is 11.5 Å². The smallest absolute Gasteiger partial charge is 0.137 e. The molecule has 0 amide bonds. The molecule has 0 atom stereocenters. The second-order valence-electron chi connectivity index (χ2n) is 3.94. The summed E-state index contributed by atoms with van der Waals surface area (Å²) in [5.41, 5.74) is 7.76. The zero-order valence-electron chi connectivity index (χ0n) is 10.4. The van der Waals surface area contributed by atoms with Gasteiger partial charge >= 0.3 is 0 Å². The van der Waals surface area contributed by atoms with Gasteiger partial charge in [-0.15, -0.1) is 0 Å². The molecule has 2 rings (SSSR count). The zero-order chi connectivity index (χ0) is 12.8. The summed E-state index contributed by atoms with van der Waals surface area (Å²) in [6.45, 7) is 0.673. The van der Waals surface area contributed by atoms with Gasteiger partial charge in [-0.2, -0.15) is 0 Å². The summed E-state index contributed by atoms with van der Waals surface area (Å²) >= 11 is 0. The molecule has 0 saturated carbocycles. The van der Waals surface area contributed by atoms with Gasteiger partial charge in [0.15, 0.2) is 0 Å². The summed E-state index contributed by atoms with van der Waals surface area (Å²) in [4.78, 5) is 4.25. The number of methoxy groups -OCH3 is 1. The SMILES string of the molecule is COc1ccc(Nc2ccc(CCN)cc2)nc1. The van der Waals surface area contributed by atoms with Gasteiger partial charge in [0.2, 0.25) is 0 Å². The fraction of sp³-hybridized carbons (Fsp3) is 0.214. The lowest BCUT2D eigenvalue weighted by Crippen LogP contribution is -2.02. The Hall–Kier alpha value is -2.07. The Morgan fingerprint density at radius 2 is 1.94 bits per heavy atom. The molecule has 1 heterocycles. The number of nitrogens with zero attached hydrogens (tertiary/aromatic N) is 1. The van der Waals surface area contributed by atoms with Crippen LogP contribution in [-0.2, 0) is 6.42 Å². The lowest BCUT2D eigenvalue weighted by Gasteiger charge is -2.07. The summed E-state index contributed by atoms with van der Waals surface area (Å²) in [6, 6.07) is 11.9. The maximum absolute atomic E-state index is 5.51. The standard InChI is InChI=1S/C14H17N3O/c1-18-13-6-7-14(16-10-13)17-12-4-2-11(3-5-12)8-9-15/h2-7,10H,8-9,15H2,1H3,(H,16,17). The van der Waals surface area contributed by atoms with E-state index in [9.17, 15) is 0 Å². The highest BCUT2D eigenvalue weighted by molar-refractivity contribution is 5.56. The van der Waals surface area contributed by atoms with Crippen LogP contribution in [0.1, 0.15) is 5.56 Å². The van der Waals surface area contributed by atoms with E-state index in [0.717, 1.165) is 23.7 Å². The minimum Gasteiger partial charge on any atom is -0.495 e. The van der Waals surface area contributed by atoms with E-state index in [4.69, 9.17) is 10.5 Å². The summed E-state index contributed by atoms with van der Waals surface area (Å²) in [5.74, 6) is 1.54. The molecule has 4 nitrogen and oxygen atoms in total. The molecular weight excluding hydrogens is 226 g/mol. The number of nitrogens with one attached hydrogen (secondary N) is 1. The average molecular weight is 243 g/mol. The summed E-state index contributed by atoms with van der Waals surface area (Å²) in [5, 5.41) is 3.23. The van der Waals surface area contributed by atoms with Gasteiger partial charge in [0, 0.05) is 5.69 Å². The number of anilines is 2. The molecule has 4 heteroatoms. The number of rotatable bonds is 5.